The van der Waals surface area contributed by atoms with Gasteiger partial charge in [0.05, 0.1) is 22.9 Å². The van der Waals surface area contributed by atoms with Crippen molar-refractivity contribution >= 4 is 29.2 Å². The molecule has 3 rings (SSSR count). The summed E-state index contributed by atoms with van der Waals surface area (Å²) in [5.74, 6) is -0.262. The van der Waals surface area contributed by atoms with Gasteiger partial charge in [0.25, 0.3) is 5.91 Å². The molecule has 1 saturated carbocycles. The second-order valence-corrected chi connectivity index (χ2v) is 6.60. The molecule has 1 saturated heterocycles. The van der Waals surface area contributed by atoms with E-state index in [4.69, 9.17) is 16.9 Å². The van der Waals surface area contributed by atoms with Crippen molar-refractivity contribution in [2.45, 2.75) is 38.1 Å². The summed E-state index contributed by atoms with van der Waals surface area (Å²) in [4.78, 5) is 28.7. The van der Waals surface area contributed by atoms with E-state index in [9.17, 15) is 14.7 Å². The van der Waals surface area contributed by atoms with Crippen molar-refractivity contribution in [1.82, 2.24) is 4.90 Å². The molecule has 126 valence electrons. The lowest BCUT2D eigenvalue weighted by Gasteiger charge is -2.30. The van der Waals surface area contributed by atoms with Crippen LogP contribution in [-0.4, -0.2) is 40.6 Å². The Hall–Kier alpha value is -2.10. The topological polar surface area (TPSA) is 84.6 Å². The lowest BCUT2D eigenvalue weighted by molar-refractivity contribution is -0.124. The molecule has 6 nitrogen and oxygen atoms in total. The Morgan fingerprint density at radius 3 is 2.58 bits per heavy atom. The number of imide groups is 1. The first-order valence-electron chi connectivity index (χ1n) is 7.94. The first-order chi connectivity index (χ1) is 11.5. The highest BCUT2D eigenvalue weighted by Crippen LogP contribution is 2.44. The van der Waals surface area contributed by atoms with Crippen molar-refractivity contribution < 1.29 is 14.7 Å². The minimum absolute atomic E-state index is 0.129. The minimum Gasteiger partial charge on any atom is -0.395 e. The third-order valence-electron chi connectivity index (χ3n) is 5.01. The van der Waals surface area contributed by atoms with E-state index in [1.807, 2.05) is 6.07 Å². The fourth-order valence-electron chi connectivity index (χ4n) is 3.78. The Balaban J connectivity index is 2.09. The van der Waals surface area contributed by atoms with Crippen LogP contribution in [0.25, 0.3) is 0 Å². The summed E-state index contributed by atoms with van der Waals surface area (Å²) in [6.45, 7) is 1.63. The van der Waals surface area contributed by atoms with E-state index in [2.05, 4.69) is 0 Å². The van der Waals surface area contributed by atoms with Gasteiger partial charge in [0.1, 0.15) is 11.6 Å². The molecule has 0 unspecified atom stereocenters. The summed E-state index contributed by atoms with van der Waals surface area (Å²) < 4.78 is 0. The first kappa shape index (κ1) is 16.7. The van der Waals surface area contributed by atoms with Crippen molar-refractivity contribution in [2.75, 3.05) is 18.1 Å². The van der Waals surface area contributed by atoms with Crippen LogP contribution in [-0.2, 0) is 4.79 Å². The number of nitrogens with zero attached hydrogens (tertiary/aromatic N) is 3. The second-order valence-electron chi connectivity index (χ2n) is 6.22. The number of benzene rings is 1. The summed E-state index contributed by atoms with van der Waals surface area (Å²) in [7, 11) is 0. The number of urea groups is 1. The normalized spacial score (nSPS) is 19.4. The molecule has 1 aliphatic carbocycles. The number of aliphatic hydroxyl groups excluding tert-OH is 1. The van der Waals surface area contributed by atoms with Gasteiger partial charge in [-0.25, -0.2) is 9.69 Å². The van der Waals surface area contributed by atoms with Gasteiger partial charge < -0.3 is 10.0 Å². The van der Waals surface area contributed by atoms with Crippen LogP contribution in [0.15, 0.2) is 12.1 Å². The zero-order chi connectivity index (χ0) is 17.5. The Morgan fingerprint density at radius 1 is 1.33 bits per heavy atom. The van der Waals surface area contributed by atoms with E-state index in [0.717, 1.165) is 17.7 Å². The molecule has 0 aromatic heterocycles. The van der Waals surface area contributed by atoms with Crippen LogP contribution in [0.3, 0.4) is 0 Å². The number of amides is 3. The minimum atomic E-state index is -0.855. The third-order valence-corrected chi connectivity index (χ3v) is 5.50. The van der Waals surface area contributed by atoms with Gasteiger partial charge in [-0.05, 0) is 37.5 Å². The third kappa shape index (κ3) is 2.20. The lowest BCUT2D eigenvalue weighted by atomic mass is 9.95. The highest BCUT2D eigenvalue weighted by molar-refractivity contribution is 6.33. The van der Waals surface area contributed by atoms with E-state index < -0.39 is 11.6 Å². The average molecular weight is 348 g/mol. The van der Waals surface area contributed by atoms with Gasteiger partial charge in [0.15, 0.2) is 0 Å². The van der Waals surface area contributed by atoms with Gasteiger partial charge >= 0.3 is 6.03 Å². The van der Waals surface area contributed by atoms with Crippen LogP contribution in [0.5, 0.6) is 0 Å². The van der Waals surface area contributed by atoms with Gasteiger partial charge in [-0.15, -0.1) is 0 Å². The van der Waals surface area contributed by atoms with Crippen molar-refractivity contribution in [3.05, 3.63) is 28.3 Å². The zero-order valence-corrected chi connectivity index (χ0v) is 14.1. The molecule has 1 aliphatic heterocycles. The monoisotopic (exact) mass is 347 g/mol. The highest BCUT2D eigenvalue weighted by atomic mass is 35.5. The molecule has 0 radical (unpaired) electrons. The number of hydrogen-bond acceptors (Lipinski definition) is 4. The fraction of sp³-hybridized carbons (Fsp3) is 0.471. The van der Waals surface area contributed by atoms with Crippen LogP contribution in [0, 0.1) is 18.3 Å². The largest absolute Gasteiger partial charge is 0.395 e. The molecule has 2 aliphatic rings. The van der Waals surface area contributed by atoms with E-state index in [1.54, 1.807) is 13.0 Å². The van der Waals surface area contributed by atoms with Crippen LogP contribution >= 0.6 is 11.6 Å². The molecule has 24 heavy (non-hydrogen) atoms. The molecule has 1 spiro atoms. The molecule has 3 amide bonds. The number of aliphatic hydroxyl groups is 1. The highest BCUT2D eigenvalue weighted by Gasteiger charge is 2.58. The van der Waals surface area contributed by atoms with Crippen LogP contribution < -0.4 is 4.90 Å². The molecule has 0 atom stereocenters. The van der Waals surface area contributed by atoms with Crippen molar-refractivity contribution in [2.24, 2.45) is 0 Å². The molecule has 1 heterocycles. The summed E-state index contributed by atoms with van der Waals surface area (Å²) in [6, 6.07) is 4.66. The number of anilines is 1. The lowest BCUT2D eigenvalue weighted by Crippen LogP contribution is -2.48. The summed E-state index contributed by atoms with van der Waals surface area (Å²) in [5, 5.41) is 18.6. The van der Waals surface area contributed by atoms with Crippen molar-refractivity contribution in [1.29, 1.82) is 5.26 Å². The summed E-state index contributed by atoms with van der Waals surface area (Å²) in [6.07, 6.45) is 2.97. The molecular weight excluding hydrogens is 330 g/mol. The molecule has 1 aromatic rings. The van der Waals surface area contributed by atoms with Gasteiger partial charge in [0, 0.05) is 6.54 Å². The number of rotatable bonds is 3. The fourth-order valence-corrected chi connectivity index (χ4v) is 3.99. The Morgan fingerprint density at radius 2 is 2.00 bits per heavy atom. The van der Waals surface area contributed by atoms with Gasteiger partial charge in [-0.3, -0.25) is 4.79 Å². The quantitative estimate of drug-likeness (QED) is 0.852. The Kier molecular flexibility index (Phi) is 4.24. The van der Waals surface area contributed by atoms with Crippen LogP contribution in [0.2, 0.25) is 5.02 Å². The SMILES string of the molecule is Cc1c(N2C(=O)N(CCO)C3(CCCC3)C2=O)ccc(C#N)c1Cl. The van der Waals surface area contributed by atoms with Gasteiger partial charge in [-0.1, -0.05) is 24.4 Å². The molecule has 1 aromatic carbocycles. The molecule has 2 fully saturated rings. The molecular formula is C17H18ClN3O3. The van der Waals surface area contributed by atoms with E-state index in [0.29, 0.717) is 29.7 Å². The number of β-amino-alcohol motifs (C(OH)–C–C–N with tert-alkyl or cyclic N) is 1. The second kappa shape index (κ2) is 6.08. The number of nitriles is 1. The van der Waals surface area contributed by atoms with Gasteiger partial charge in [-0.2, -0.15) is 5.26 Å². The number of carbonyl (C=O) groups is 2. The van der Waals surface area contributed by atoms with E-state index >= 15 is 0 Å². The van der Waals surface area contributed by atoms with E-state index in [1.165, 1.54) is 11.0 Å². The van der Waals surface area contributed by atoms with E-state index in [-0.39, 0.29) is 24.1 Å². The predicted octanol–water partition coefficient (Wildman–Crippen LogP) is 2.59. The van der Waals surface area contributed by atoms with Crippen molar-refractivity contribution in [3.63, 3.8) is 0 Å². The molecule has 0 bridgehead atoms. The summed E-state index contributed by atoms with van der Waals surface area (Å²) >= 11 is 6.20. The van der Waals surface area contributed by atoms with Gasteiger partial charge in [0.2, 0.25) is 0 Å². The standard InChI is InChI=1S/C17H18ClN3O3/c1-11-13(5-4-12(10-19)14(11)18)21-15(23)17(6-2-3-7-17)20(8-9-22)16(21)24/h4-5,22H,2-3,6-9H2,1H3. The maximum Gasteiger partial charge on any atom is 0.332 e. The van der Waals surface area contributed by atoms with Crippen LogP contribution in [0.1, 0.15) is 36.8 Å². The number of carbonyl (C=O) groups excluding carboxylic acids is 2. The van der Waals surface area contributed by atoms with Crippen LogP contribution in [0.4, 0.5) is 10.5 Å². The Bertz CT molecular complexity index is 750. The molecule has 1 N–H and O–H groups in total. The maximum atomic E-state index is 13.1. The molecule has 7 heteroatoms. The van der Waals surface area contributed by atoms with Crippen molar-refractivity contribution in [3.8, 4) is 6.07 Å². The average Bonchev–Trinajstić information content (AvgIpc) is 3.13. The smallest absolute Gasteiger partial charge is 0.332 e. The number of hydrogen-bond donors (Lipinski definition) is 1. The summed E-state index contributed by atoms with van der Waals surface area (Å²) in [5.41, 5.74) is 0.379. The zero-order valence-electron chi connectivity index (χ0n) is 13.4. The predicted molar refractivity (Wildman–Crippen MR) is 88.8 cm³/mol. The Labute approximate surface area is 145 Å². The first-order valence-corrected chi connectivity index (χ1v) is 8.32. The number of halogens is 1. The maximum absolute atomic E-state index is 13.1.